The van der Waals surface area contributed by atoms with Crippen LogP contribution in [-0.4, -0.2) is 14.6 Å². The molecule has 0 unspecified atom stereocenters. The summed E-state index contributed by atoms with van der Waals surface area (Å²) in [6, 6.07) is 9.47. The van der Waals surface area contributed by atoms with Crippen molar-refractivity contribution < 1.29 is 0 Å². The average Bonchev–Trinajstić information content (AvgIpc) is 2.71. The molecule has 0 radical (unpaired) electrons. The summed E-state index contributed by atoms with van der Waals surface area (Å²) in [6.45, 7) is 1.94. The molecule has 0 bridgehead atoms. The van der Waals surface area contributed by atoms with Crippen molar-refractivity contribution >= 4 is 21.4 Å². The molecule has 5 heteroatoms. The fourth-order valence-corrected chi connectivity index (χ4v) is 2.14. The minimum absolute atomic E-state index is 0.129. The topological polar surface area (TPSA) is 50.2 Å². The Hall–Kier alpha value is -1.88. The first-order valence-corrected chi connectivity index (χ1v) is 6.28. The minimum atomic E-state index is -0.129. The van der Waals surface area contributed by atoms with Crippen LogP contribution < -0.4 is 5.56 Å². The molecule has 1 N–H and O–H groups in total. The van der Waals surface area contributed by atoms with E-state index in [1.807, 2.05) is 43.5 Å². The molecule has 3 aromatic rings. The second-order valence-corrected chi connectivity index (χ2v) is 5.07. The Bertz CT molecular complexity index is 771. The van der Waals surface area contributed by atoms with Crippen LogP contribution in [0.15, 0.2) is 45.8 Å². The zero-order valence-corrected chi connectivity index (χ0v) is 11.2. The number of rotatable bonds is 1. The van der Waals surface area contributed by atoms with Gasteiger partial charge in [-0.2, -0.15) is 0 Å². The molecule has 0 atom stereocenters. The summed E-state index contributed by atoms with van der Waals surface area (Å²) >= 11 is 3.38. The van der Waals surface area contributed by atoms with Crippen LogP contribution in [0.2, 0.25) is 0 Å². The van der Waals surface area contributed by atoms with Crippen molar-refractivity contribution in [2.24, 2.45) is 0 Å². The standard InChI is InChI=1S/C13H10BrN3O/c1-8-6-11-13(18)15-12(16-17(11)7-8)9-2-4-10(14)5-3-9/h2-7H,1H3,(H,15,16,18). The molecule has 18 heavy (non-hydrogen) atoms. The molecule has 0 aliphatic carbocycles. The maximum atomic E-state index is 11.9. The number of benzene rings is 1. The highest BCUT2D eigenvalue weighted by Gasteiger charge is 2.06. The third-order valence-electron chi connectivity index (χ3n) is 2.73. The zero-order valence-electron chi connectivity index (χ0n) is 9.64. The van der Waals surface area contributed by atoms with Gasteiger partial charge in [0.15, 0.2) is 5.82 Å². The van der Waals surface area contributed by atoms with Gasteiger partial charge < -0.3 is 4.98 Å². The van der Waals surface area contributed by atoms with E-state index in [1.165, 1.54) is 0 Å². The van der Waals surface area contributed by atoms with E-state index in [4.69, 9.17) is 0 Å². The lowest BCUT2D eigenvalue weighted by Gasteiger charge is -2.01. The lowest BCUT2D eigenvalue weighted by atomic mass is 10.2. The lowest BCUT2D eigenvalue weighted by Crippen LogP contribution is -2.12. The van der Waals surface area contributed by atoms with Crippen molar-refractivity contribution in [2.45, 2.75) is 6.92 Å². The van der Waals surface area contributed by atoms with Crippen LogP contribution in [-0.2, 0) is 0 Å². The highest BCUT2D eigenvalue weighted by Crippen LogP contribution is 2.17. The maximum absolute atomic E-state index is 11.9. The highest BCUT2D eigenvalue weighted by atomic mass is 79.9. The summed E-state index contributed by atoms with van der Waals surface area (Å²) in [6.07, 6.45) is 1.84. The average molecular weight is 304 g/mol. The van der Waals surface area contributed by atoms with E-state index in [9.17, 15) is 4.79 Å². The van der Waals surface area contributed by atoms with Gasteiger partial charge in [-0.05, 0) is 30.7 Å². The fourth-order valence-electron chi connectivity index (χ4n) is 1.88. The van der Waals surface area contributed by atoms with Crippen LogP contribution in [0.5, 0.6) is 0 Å². The van der Waals surface area contributed by atoms with E-state index in [1.54, 1.807) is 4.52 Å². The van der Waals surface area contributed by atoms with Gasteiger partial charge in [-0.15, -0.1) is 5.10 Å². The Kier molecular flexibility index (Phi) is 2.56. The first-order valence-electron chi connectivity index (χ1n) is 5.49. The van der Waals surface area contributed by atoms with E-state index in [-0.39, 0.29) is 5.56 Å². The molecule has 0 aliphatic rings. The van der Waals surface area contributed by atoms with Crippen molar-refractivity contribution in [2.75, 3.05) is 0 Å². The smallest absolute Gasteiger partial charge is 0.275 e. The Labute approximate surface area is 111 Å². The molecule has 0 aliphatic heterocycles. The Morgan fingerprint density at radius 2 is 2.00 bits per heavy atom. The molecule has 2 heterocycles. The van der Waals surface area contributed by atoms with E-state index >= 15 is 0 Å². The van der Waals surface area contributed by atoms with E-state index in [0.29, 0.717) is 11.3 Å². The van der Waals surface area contributed by atoms with Crippen LogP contribution in [0.3, 0.4) is 0 Å². The van der Waals surface area contributed by atoms with Gasteiger partial charge in [-0.3, -0.25) is 4.79 Å². The van der Waals surface area contributed by atoms with E-state index in [2.05, 4.69) is 26.0 Å². The summed E-state index contributed by atoms with van der Waals surface area (Å²) < 4.78 is 2.61. The number of nitrogens with zero attached hydrogens (tertiary/aromatic N) is 2. The van der Waals surface area contributed by atoms with Crippen LogP contribution in [0.4, 0.5) is 0 Å². The predicted octanol–water partition coefficient (Wildman–Crippen LogP) is 2.76. The number of aromatic nitrogens is 3. The molecule has 0 amide bonds. The predicted molar refractivity (Wildman–Crippen MR) is 73.7 cm³/mol. The molecular formula is C13H10BrN3O. The molecule has 0 saturated heterocycles. The Balaban J connectivity index is 2.24. The number of aryl methyl sites for hydroxylation is 1. The van der Waals surface area contributed by atoms with Gasteiger partial charge in [-0.1, -0.05) is 28.1 Å². The SMILES string of the molecule is Cc1cc2c(=O)[nH]c(-c3ccc(Br)cc3)nn2c1. The first kappa shape index (κ1) is 11.2. The minimum Gasteiger partial charge on any atom is -0.303 e. The monoisotopic (exact) mass is 303 g/mol. The third-order valence-corrected chi connectivity index (χ3v) is 3.26. The summed E-state index contributed by atoms with van der Waals surface area (Å²) in [4.78, 5) is 14.7. The number of fused-ring (bicyclic) bond motifs is 1. The van der Waals surface area contributed by atoms with Gasteiger partial charge in [0.2, 0.25) is 0 Å². The van der Waals surface area contributed by atoms with Gasteiger partial charge in [-0.25, -0.2) is 4.52 Å². The van der Waals surface area contributed by atoms with Gasteiger partial charge in [0, 0.05) is 16.2 Å². The van der Waals surface area contributed by atoms with Crippen molar-refractivity contribution in [1.29, 1.82) is 0 Å². The van der Waals surface area contributed by atoms with E-state index < -0.39 is 0 Å². The number of aromatic amines is 1. The molecule has 0 spiro atoms. The molecule has 4 nitrogen and oxygen atoms in total. The third kappa shape index (κ3) is 1.86. The van der Waals surface area contributed by atoms with Crippen LogP contribution in [0.1, 0.15) is 5.56 Å². The first-order chi connectivity index (χ1) is 8.63. The highest BCUT2D eigenvalue weighted by molar-refractivity contribution is 9.10. The molecule has 3 rings (SSSR count). The molecular weight excluding hydrogens is 294 g/mol. The second kappa shape index (κ2) is 4.10. The normalized spacial score (nSPS) is 11.0. The largest absolute Gasteiger partial charge is 0.303 e. The number of halogens is 1. The van der Waals surface area contributed by atoms with Crippen LogP contribution in [0.25, 0.3) is 16.9 Å². The Morgan fingerprint density at radius 1 is 1.28 bits per heavy atom. The van der Waals surface area contributed by atoms with Crippen molar-refractivity contribution in [1.82, 2.24) is 14.6 Å². The molecule has 2 aromatic heterocycles. The Morgan fingerprint density at radius 3 is 2.72 bits per heavy atom. The number of H-pyrrole nitrogens is 1. The lowest BCUT2D eigenvalue weighted by molar-refractivity contribution is 0.897. The van der Waals surface area contributed by atoms with Crippen molar-refractivity contribution in [3.8, 4) is 11.4 Å². The second-order valence-electron chi connectivity index (χ2n) is 4.16. The van der Waals surface area contributed by atoms with Gasteiger partial charge in [0.25, 0.3) is 5.56 Å². The number of hydrogen-bond acceptors (Lipinski definition) is 2. The van der Waals surface area contributed by atoms with Gasteiger partial charge >= 0.3 is 0 Å². The molecule has 0 saturated carbocycles. The maximum Gasteiger partial charge on any atom is 0.275 e. The summed E-state index contributed by atoms with van der Waals surface area (Å²) in [5.74, 6) is 0.565. The zero-order chi connectivity index (χ0) is 12.7. The quantitative estimate of drug-likeness (QED) is 0.751. The van der Waals surface area contributed by atoms with Crippen molar-refractivity contribution in [3.63, 3.8) is 0 Å². The fraction of sp³-hybridized carbons (Fsp3) is 0.0769. The summed E-state index contributed by atoms with van der Waals surface area (Å²) in [5, 5.41) is 4.40. The molecule has 0 fully saturated rings. The number of hydrogen-bond donors (Lipinski definition) is 1. The molecule has 1 aromatic carbocycles. The van der Waals surface area contributed by atoms with Crippen LogP contribution in [0, 0.1) is 6.92 Å². The van der Waals surface area contributed by atoms with Gasteiger partial charge in [0.05, 0.1) is 0 Å². The van der Waals surface area contributed by atoms with Gasteiger partial charge in [0.1, 0.15) is 5.52 Å². The van der Waals surface area contributed by atoms with Crippen LogP contribution >= 0.6 is 15.9 Å². The van der Waals surface area contributed by atoms with Crippen molar-refractivity contribution in [3.05, 3.63) is 56.9 Å². The van der Waals surface area contributed by atoms with E-state index in [0.717, 1.165) is 15.6 Å². The summed E-state index contributed by atoms with van der Waals surface area (Å²) in [5.41, 5.74) is 2.33. The molecule has 90 valence electrons. The summed E-state index contributed by atoms with van der Waals surface area (Å²) in [7, 11) is 0. The number of nitrogens with one attached hydrogen (secondary N) is 1.